The largest absolute Gasteiger partial charge is 0.0588 e. The highest BCUT2D eigenvalue weighted by Gasteiger charge is 2.19. The Morgan fingerprint density at radius 3 is 0.441 bits per heavy atom. The van der Waals surface area contributed by atoms with Gasteiger partial charge in [-0.15, -0.1) is 0 Å². The van der Waals surface area contributed by atoms with Gasteiger partial charge in [-0.1, -0.05) is 184 Å². The number of unbranched alkanes of at least 4 members (excludes halogenated alkanes) is 12. The summed E-state index contributed by atoms with van der Waals surface area (Å²) in [5, 5.41) is 0. The van der Waals surface area contributed by atoms with Crippen molar-refractivity contribution >= 4 is 0 Å². The summed E-state index contributed by atoms with van der Waals surface area (Å²) in [6.07, 6.45) is 54.3. The second-order valence-electron chi connectivity index (χ2n) is 33.1. The normalized spacial score (nSPS) is 13.7. The van der Waals surface area contributed by atoms with Crippen LogP contribution in [0.3, 0.4) is 0 Å². The molecule has 0 saturated heterocycles. The van der Waals surface area contributed by atoms with Gasteiger partial charge in [-0.2, -0.15) is 0 Å². The Labute approximate surface area is 619 Å². The molecule has 6 aliphatic rings. The van der Waals surface area contributed by atoms with Crippen molar-refractivity contribution < 1.29 is 0 Å². The Morgan fingerprint density at radius 1 is 0.147 bits per heavy atom. The molecule has 15 rings (SSSR count). The lowest BCUT2D eigenvalue weighted by atomic mass is 9.86. The Hall–Kier alpha value is -7.02. The van der Waals surface area contributed by atoms with Gasteiger partial charge in [-0.05, 0) is 440 Å². The molecule has 0 unspecified atom stereocenters. The average Bonchev–Trinajstić information content (AvgIpc) is 0.841. The van der Waals surface area contributed by atoms with Gasteiger partial charge in [0.15, 0.2) is 0 Å². The topological polar surface area (TPSA) is 0 Å². The molecule has 0 nitrogen and oxygen atoms in total. The summed E-state index contributed by atoms with van der Waals surface area (Å²) in [7, 11) is 0. The number of rotatable bonds is 36. The van der Waals surface area contributed by atoms with E-state index in [1.54, 1.807) is 122 Å². The molecule has 102 heavy (non-hydrogen) atoms. The van der Waals surface area contributed by atoms with Gasteiger partial charge in [-0.25, -0.2) is 0 Å². The molecule has 534 valence electrons. The Morgan fingerprint density at radius 2 is 0.284 bits per heavy atom. The number of benzene rings is 9. The monoisotopic (exact) mass is 1350 g/mol. The first-order valence-corrected chi connectivity index (χ1v) is 41.9. The van der Waals surface area contributed by atoms with Crippen molar-refractivity contribution in [2.24, 2.45) is 0 Å². The van der Waals surface area contributed by atoms with Gasteiger partial charge in [-0.3, -0.25) is 0 Å². The van der Waals surface area contributed by atoms with E-state index in [0.29, 0.717) is 0 Å². The highest BCUT2D eigenvalue weighted by atomic mass is 14.2. The van der Waals surface area contributed by atoms with E-state index in [-0.39, 0.29) is 0 Å². The van der Waals surface area contributed by atoms with Gasteiger partial charge in [0.25, 0.3) is 0 Å². The SMILES string of the molecule is Cc1cc(CCCCCCc2ccc3c(c2)CC3)c(C)cc1CCCCCCc1ccc2c(c1)CC2.Cc1cc(CCCCCc2ccc3c(c2)CC3)c(C)cc1CCCCCc1ccc2c(c1)CC2.Cc1cc(CCCCc2ccc3c(c2)CC3)c(C)cc1CCCCc1ccc2c(c1)CC2. The first-order chi connectivity index (χ1) is 50.0. The molecule has 0 aromatic heterocycles. The van der Waals surface area contributed by atoms with Crippen LogP contribution in [0.5, 0.6) is 0 Å². The van der Waals surface area contributed by atoms with Crippen LogP contribution in [0.15, 0.2) is 146 Å². The van der Waals surface area contributed by atoms with Crippen LogP contribution in [0.2, 0.25) is 0 Å². The molecule has 0 saturated carbocycles. The third-order valence-corrected chi connectivity index (χ3v) is 25.5. The smallest absolute Gasteiger partial charge is 0.0235 e. The van der Waals surface area contributed by atoms with Crippen LogP contribution in [0.1, 0.15) is 282 Å². The molecule has 0 heterocycles. The molecule has 0 radical (unpaired) electrons. The molecule has 9 aromatic carbocycles. The van der Waals surface area contributed by atoms with E-state index in [2.05, 4.69) is 187 Å². The highest BCUT2D eigenvalue weighted by molar-refractivity contribution is 5.45. The molecule has 0 bridgehead atoms. The molecule has 0 N–H and O–H groups in total. The standard InChI is InChI=1S/C36H46.C34H42.C32H38/c1-27-23-34(14-10-6-4-8-12-30-16-18-32-20-22-36(32)26-30)28(2)24-33(27)13-9-5-3-7-11-29-15-17-31-19-21-35(31)25-29;1-25-21-32(12-8-4-6-10-28-14-16-30-18-20-34(30)24-28)26(2)22-31(25)11-7-3-5-9-27-13-15-29-17-19-33(29)23-27;1-23-19-30(10-6-4-8-26-12-14-28-16-18-32(28)22-26)24(2)20-29(23)9-5-3-7-25-11-13-27-15-17-31(27)21-25/h15-18,23-26H,3-14,19-22H2,1-2H3;13-16,21-24H,3-12,17-20H2,1-2H3;11-14,19-22H,3-10,15-18H2,1-2H3. The zero-order valence-corrected chi connectivity index (χ0v) is 64.6. The zero-order valence-electron chi connectivity index (χ0n) is 64.6. The van der Waals surface area contributed by atoms with Gasteiger partial charge < -0.3 is 0 Å². The second-order valence-corrected chi connectivity index (χ2v) is 33.1. The molecule has 0 spiro atoms. The minimum atomic E-state index is 1.22. The maximum absolute atomic E-state index is 2.50. The van der Waals surface area contributed by atoms with Crippen LogP contribution in [-0.4, -0.2) is 0 Å². The fourth-order valence-electron chi connectivity index (χ4n) is 17.8. The summed E-state index contributed by atoms with van der Waals surface area (Å²) in [5.41, 5.74) is 46.8. The number of aryl methyl sites for hydroxylation is 30. The van der Waals surface area contributed by atoms with Crippen molar-refractivity contribution in [3.63, 3.8) is 0 Å². The second kappa shape index (κ2) is 36.6. The third kappa shape index (κ3) is 20.3. The summed E-state index contributed by atoms with van der Waals surface area (Å²) >= 11 is 0. The van der Waals surface area contributed by atoms with E-state index in [0.717, 1.165) is 0 Å². The molecular formula is C102H126. The Kier molecular flexibility index (Phi) is 26.3. The number of hydrogen-bond acceptors (Lipinski definition) is 0. The van der Waals surface area contributed by atoms with Crippen LogP contribution in [0.25, 0.3) is 0 Å². The maximum Gasteiger partial charge on any atom is -0.0235 e. The summed E-state index contributed by atoms with van der Waals surface area (Å²) in [6.45, 7) is 13.9. The van der Waals surface area contributed by atoms with Gasteiger partial charge in [0.1, 0.15) is 0 Å². The lowest BCUT2D eigenvalue weighted by Crippen LogP contribution is -2.08. The first kappa shape index (κ1) is 73.3. The molecule has 9 aromatic rings. The van der Waals surface area contributed by atoms with Crippen LogP contribution >= 0.6 is 0 Å². The van der Waals surface area contributed by atoms with E-state index in [4.69, 9.17) is 0 Å². The van der Waals surface area contributed by atoms with Crippen LogP contribution < -0.4 is 0 Å². The molecule has 6 aliphatic carbocycles. The molecule has 0 heteroatoms. The van der Waals surface area contributed by atoms with E-state index >= 15 is 0 Å². The van der Waals surface area contributed by atoms with Crippen molar-refractivity contribution in [2.45, 2.75) is 311 Å². The molecule has 0 atom stereocenters. The lowest BCUT2D eigenvalue weighted by Gasteiger charge is -2.19. The zero-order chi connectivity index (χ0) is 70.0. The Balaban J connectivity index is 0.000000137. The van der Waals surface area contributed by atoms with Gasteiger partial charge in [0, 0.05) is 0 Å². The van der Waals surface area contributed by atoms with Crippen molar-refractivity contribution in [2.75, 3.05) is 0 Å². The van der Waals surface area contributed by atoms with E-state index in [9.17, 15) is 0 Å². The van der Waals surface area contributed by atoms with Crippen molar-refractivity contribution in [1.29, 1.82) is 0 Å². The fraction of sp³-hybridized carbons (Fsp3) is 0.471. The van der Waals surface area contributed by atoms with Gasteiger partial charge >= 0.3 is 0 Å². The number of fused-ring (bicyclic) bond motifs is 6. The highest BCUT2D eigenvalue weighted by Crippen LogP contribution is 2.32. The van der Waals surface area contributed by atoms with Gasteiger partial charge in [0.2, 0.25) is 0 Å². The fourth-order valence-corrected chi connectivity index (χ4v) is 17.8. The predicted octanol–water partition coefficient (Wildman–Crippen LogP) is 25.2. The quantitative estimate of drug-likeness (QED) is 0.0343. The van der Waals surface area contributed by atoms with Crippen LogP contribution in [-0.2, 0) is 154 Å². The molecule has 0 amide bonds. The Bertz CT molecular complexity index is 3990. The summed E-state index contributed by atoms with van der Waals surface area (Å²) in [4.78, 5) is 0. The van der Waals surface area contributed by atoms with Crippen molar-refractivity contribution in [3.05, 3.63) is 312 Å². The summed E-state index contributed by atoms with van der Waals surface area (Å²) in [5.74, 6) is 0. The van der Waals surface area contributed by atoms with Gasteiger partial charge in [0.05, 0.1) is 0 Å². The third-order valence-electron chi connectivity index (χ3n) is 25.5. The minimum absolute atomic E-state index is 1.22. The summed E-state index contributed by atoms with van der Waals surface area (Å²) in [6, 6.07) is 57.9. The predicted molar refractivity (Wildman–Crippen MR) is 438 cm³/mol. The minimum Gasteiger partial charge on any atom is -0.0588 e. The molecule has 0 fully saturated rings. The van der Waals surface area contributed by atoms with E-state index < -0.39 is 0 Å². The lowest BCUT2D eigenvalue weighted by molar-refractivity contribution is 0.635. The first-order valence-electron chi connectivity index (χ1n) is 41.9. The van der Waals surface area contributed by atoms with Crippen molar-refractivity contribution in [3.8, 4) is 0 Å². The van der Waals surface area contributed by atoms with Crippen LogP contribution in [0, 0.1) is 41.5 Å². The number of hydrogen-bond donors (Lipinski definition) is 0. The molecular weight excluding hydrogens is 1230 g/mol. The summed E-state index contributed by atoms with van der Waals surface area (Å²) < 4.78 is 0. The van der Waals surface area contributed by atoms with E-state index in [1.165, 1.54) is 314 Å². The van der Waals surface area contributed by atoms with Crippen molar-refractivity contribution in [1.82, 2.24) is 0 Å². The average molecular weight is 1350 g/mol. The van der Waals surface area contributed by atoms with Crippen LogP contribution in [0.4, 0.5) is 0 Å². The van der Waals surface area contributed by atoms with E-state index in [1.807, 2.05) is 0 Å². The maximum atomic E-state index is 2.50. The molecule has 0 aliphatic heterocycles.